The van der Waals surface area contributed by atoms with Crippen molar-refractivity contribution in [1.82, 2.24) is 14.8 Å². The standard InChI is InChI=1S/C22H22F2N4O4/c23-17-6-14-21(20(24)15(17)9-26-5-1-2-12-7-25-8-18(12)26)27(13-3-4-13)10-16(22(14)30)19(29)11-28(31)32/h2,6,10,13,18,25H,1,3-5,7-9,11H2. The molecule has 1 aromatic heterocycles. The van der Waals surface area contributed by atoms with Gasteiger partial charge in [-0.15, -0.1) is 0 Å². The number of aromatic nitrogens is 1. The zero-order valence-electron chi connectivity index (χ0n) is 17.3. The molecule has 2 aromatic rings. The van der Waals surface area contributed by atoms with Crippen molar-refractivity contribution in [3.05, 3.63) is 67.0 Å². The lowest BCUT2D eigenvalue weighted by atomic mass is 10.0. The molecule has 3 aliphatic rings. The van der Waals surface area contributed by atoms with Crippen LogP contribution in [0.4, 0.5) is 8.78 Å². The molecule has 168 valence electrons. The number of nitro groups is 1. The van der Waals surface area contributed by atoms with E-state index in [1.54, 1.807) is 0 Å². The third-order valence-corrected chi connectivity index (χ3v) is 6.54. The maximum Gasteiger partial charge on any atom is 0.266 e. The van der Waals surface area contributed by atoms with Crippen LogP contribution in [0.1, 0.15) is 41.2 Å². The van der Waals surface area contributed by atoms with Crippen molar-refractivity contribution in [3.63, 3.8) is 0 Å². The zero-order chi connectivity index (χ0) is 22.6. The molecule has 8 nitrogen and oxygen atoms in total. The Labute approximate surface area is 181 Å². The summed E-state index contributed by atoms with van der Waals surface area (Å²) in [7, 11) is 0. The highest BCUT2D eigenvalue weighted by Crippen LogP contribution is 2.38. The normalized spacial score (nSPS) is 20.9. The van der Waals surface area contributed by atoms with Crippen LogP contribution >= 0.6 is 0 Å². The van der Waals surface area contributed by atoms with Crippen LogP contribution in [0.15, 0.2) is 28.7 Å². The van der Waals surface area contributed by atoms with Gasteiger partial charge in [0.1, 0.15) is 5.82 Å². The summed E-state index contributed by atoms with van der Waals surface area (Å²) < 4.78 is 32.3. The maximum atomic E-state index is 15.8. The quantitative estimate of drug-likeness (QED) is 0.318. The number of carbonyl (C=O) groups is 1. The van der Waals surface area contributed by atoms with E-state index in [9.17, 15) is 19.7 Å². The molecule has 2 fully saturated rings. The van der Waals surface area contributed by atoms with E-state index >= 15 is 8.78 Å². The number of carbonyl (C=O) groups excluding carboxylic acids is 1. The molecule has 10 heteroatoms. The van der Waals surface area contributed by atoms with Gasteiger partial charge in [-0.3, -0.25) is 24.6 Å². The summed E-state index contributed by atoms with van der Waals surface area (Å²) >= 11 is 0. The first-order chi connectivity index (χ1) is 15.3. The Bertz CT molecular complexity index is 1230. The lowest BCUT2D eigenvalue weighted by Gasteiger charge is -2.32. The lowest BCUT2D eigenvalue weighted by Crippen LogP contribution is -2.40. The van der Waals surface area contributed by atoms with Crippen LogP contribution in [0.5, 0.6) is 0 Å². The minimum atomic E-state index is -1.05. The highest BCUT2D eigenvalue weighted by atomic mass is 19.1. The predicted octanol–water partition coefficient (Wildman–Crippen LogP) is 2.18. The SMILES string of the molecule is O=C(C[N+](=O)[O-])c1cn(C2CC2)c2c(F)c(CN3CCC=C4CNCC43)c(F)cc2c1=O. The molecule has 1 saturated carbocycles. The summed E-state index contributed by atoms with van der Waals surface area (Å²) in [5.41, 5.74) is -0.207. The van der Waals surface area contributed by atoms with E-state index in [-0.39, 0.29) is 35.1 Å². The second kappa shape index (κ2) is 7.86. The molecule has 1 N–H and O–H groups in total. The van der Waals surface area contributed by atoms with Crippen LogP contribution < -0.4 is 10.7 Å². The molecule has 1 saturated heterocycles. The summed E-state index contributed by atoms with van der Waals surface area (Å²) in [6.45, 7) is 1.19. The minimum Gasteiger partial charge on any atom is -0.341 e. The first-order valence-corrected chi connectivity index (χ1v) is 10.7. The second-order valence-electron chi connectivity index (χ2n) is 8.66. The van der Waals surface area contributed by atoms with Crippen molar-refractivity contribution in [2.45, 2.75) is 37.9 Å². The zero-order valence-corrected chi connectivity index (χ0v) is 17.3. The monoisotopic (exact) mass is 444 g/mol. The van der Waals surface area contributed by atoms with Crippen molar-refractivity contribution < 1.29 is 18.5 Å². The molecule has 0 bridgehead atoms. The molecule has 0 spiro atoms. The fourth-order valence-corrected chi connectivity index (χ4v) is 4.81. The highest BCUT2D eigenvalue weighted by Gasteiger charge is 2.33. The Morgan fingerprint density at radius 1 is 1.31 bits per heavy atom. The molecule has 1 atom stereocenters. The lowest BCUT2D eigenvalue weighted by molar-refractivity contribution is -0.465. The Morgan fingerprint density at radius 3 is 2.81 bits per heavy atom. The van der Waals surface area contributed by atoms with Crippen LogP contribution in [-0.4, -0.2) is 52.4 Å². The summed E-state index contributed by atoms with van der Waals surface area (Å²) in [6.07, 6.45) is 5.63. The number of benzene rings is 1. The van der Waals surface area contributed by atoms with Crippen LogP contribution in [-0.2, 0) is 6.54 Å². The summed E-state index contributed by atoms with van der Waals surface area (Å²) in [5.74, 6) is -2.63. The molecule has 1 aromatic carbocycles. The van der Waals surface area contributed by atoms with Gasteiger partial charge < -0.3 is 9.88 Å². The van der Waals surface area contributed by atoms with Gasteiger partial charge in [0.25, 0.3) is 6.54 Å². The van der Waals surface area contributed by atoms with Gasteiger partial charge in [0.15, 0.2) is 5.82 Å². The fourth-order valence-electron chi connectivity index (χ4n) is 4.81. The molecular formula is C22H22F2N4O4. The van der Waals surface area contributed by atoms with E-state index in [1.165, 1.54) is 16.3 Å². The number of ketones is 1. The summed E-state index contributed by atoms with van der Waals surface area (Å²) in [6, 6.07) is 0.938. The van der Waals surface area contributed by atoms with Crippen LogP contribution in [0.25, 0.3) is 10.9 Å². The number of Topliss-reactive ketones (excluding diaryl/α,β-unsaturated/α-hetero) is 1. The van der Waals surface area contributed by atoms with E-state index in [1.807, 2.05) is 4.90 Å². The van der Waals surface area contributed by atoms with Gasteiger partial charge in [0.2, 0.25) is 11.2 Å². The average molecular weight is 444 g/mol. The molecule has 2 aliphatic heterocycles. The van der Waals surface area contributed by atoms with Gasteiger partial charge in [0, 0.05) is 54.9 Å². The Hall–Kier alpha value is -2.98. The molecule has 0 amide bonds. The van der Waals surface area contributed by atoms with Crippen molar-refractivity contribution in [2.24, 2.45) is 0 Å². The van der Waals surface area contributed by atoms with Gasteiger partial charge in [-0.05, 0) is 30.9 Å². The van der Waals surface area contributed by atoms with Crippen molar-refractivity contribution >= 4 is 16.7 Å². The number of pyridine rings is 1. The summed E-state index contributed by atoms with van der Waals surface area (Å²) in [4.78, 5) is 37.1. The number of hydrogen-bond acceptors (Lipinski definition) is 6. The fraction of sp³-hybridized carbons (Fsp3) is 0.455. The third kappa shape index (κ3) is 3.53. The van der Waals surface area contributed by atoms with E-state index in [0.717, 1.165) is 38.4 Å². The van der Waals surface area contributed by atoms with Gasteiger partial charge in [0.05, 0.1) is 16.5 Å². The third-order valence-electron chi connectivity index (χ3n) is 6.54. The number of nitrogens with one attached hydrogen (secondary N) is 1. The molecule has 5 rings (SSSR count). The number of nitrogens with zero attached hydrogens (tertiary/aromatic N) is 3. The Balaban J connectivity index is 1.62. The molecule has 1 unspecified atom stereocenters. The molecule has 0 radical (unpaired) electrons. The predicted molar refractivity (Wildman–Crippen MR) is 112 cm³/mol. The van der Waals surface area contributed by atoms with Crippen LogP contribution in [0, 0.1) is 21.7 Å². The number of hydrogen-bond donors (Lipinski definition) is 1. The van der Waals surface area contributed by atoms with E-state index in [4.69, 9.17) is 0 Å². The first kappa shape index (κ1) is 20.9. The number of fused-ring (bicyclic) bond motifs is 2. The summed E-state index contributed by atoms with van der Waals surface area (Å²) in [5, 5.41) is 13.8. The largest absolute Gasteiger partial charge is 0.341 e. The Kier molecular flexibility index (Phi) is 5.13. The molecule has 1 aliphatic carbocycles. The first-order valence-electron chi connectivity index (χ1n) is 10.7. The van der Waals surface area contributed by atoms with Crippen LogP contribution in [0.2, 0.25) is 0 Å². The van der Waals surface area contributed by atoms with Gasteiger partial charge >= 0.3 is 0 Å². The Morgan fingerprint density at radius 2 is 2.09 bits per heavy atom. The van der Waals surface area contributed by atoms with Gasteiger partial charge in [-0.1, -0.05) is 6.08 Å². The minimum absolute atomic E-state index is 0.0381. The van der Waals surface area contributed by atoms with Crippen molar-refractivity contribution in [2.75, 3.05) is 26.2 Å². The molecular weight excluding hydrogens is 422 g/mol. The van der Waals surface area contributed by atoms with Crippen LogP contribution in [0.3, 0.4) is 0 Å². The van der Waals surface area contributed by atoms with Gasteiger partial charge in [-0.25, -0.2) is 8.78 Å². The average Bonchev–Trinajstić information content (AvgIpc) is 3.47. The number of halogens is 2. The van der Waals surface area contributed by atoms with E-state index in [2.05, 4.69) is 11.4 Å². The van der Waals surface area contributed by atoms with Crippen molar-refractivity contribution in [3.8, 4) is 0 Å². The number of rotatable bonds is 6. The maximum absolute atomic E-state index is 15.8. The van der Waals surface area contributed by atoms with E-state index < -0.39 is 39.9 Å². The topological polar surface area (TPSA) is 97.5 Å². The molecule has 32 heavy (non-hydrogen) atoms. The highest BCUT2D eigenvalue weighted by molar-refractivity contribution is 5.99. The van der Waals surface area contributed by atoms with E-state index in [0.29, 0.717) is 6.54 Å². The van der Waals surface area contributed by atoms with Crippen molar-refractivity contribution in [1.29, 1.82) is 0 Å². The smallest absolute Gasteiger partial charge is 0.266 e. The van der Waals surface area contributed by atoms with Gasteiger partial charge in [-0.2, -0.15) is 0 Å². The second-order valence-corrected chi connectivity index (χ2v) is 8.66. The molecule has 3 heterocycles.